The van der Waals surface area contributed by atoms with E-state index in [1.807, 2.05) is 25.1 Å². The fourth-order valence-electron chi connectivity index (χ4n) is 2.53. The number of carbonyl (C=O) groups excluding carboxylic acids is 1. The molecule has 0 heterocycles. The Hall–Kier alpha value is -2.69. The average Bonchev–Trinajstić information content (AvgIpc) is 2.71. The van der Waals surface area contributed by atoms with Crippen LogP contribution in [0.4, 0.5) is 5.69 Å². The molecule has 0 aliphatic carbocycles. The molecule has 4 nitrogen and oxygen atoms in total. The molecule has 0 aliphatic rings. The maximum Gasteiger partial charge on any atom is 0.255 e. The molecular formula is C22H19Cl2NO3. The first-order valence-electron chi connectivity index (χ1n) is 8.76. The van der Waals surface area contributed by atoms with E-state index in [2.05, 4.69) is 5.32 Å². The SMILES string of the molecule is CCOc1ccc(NC(=O)c2cccc(OCc3ccc(Cl)c(Cl)c3)c2)cc1. The van der Waals surface area contributed by atoms with Crippen molar-refractivity contribution in [3.8, 4) is 11.5 Å². The van der Waals surface area contributed by atoms with E-state index in [0.717, 1.165) is 11.3 Å². The Morgan fingerprint density at radius 3 is 2.39 bits per heavy atom. The second-order valence-corrected chi connectivity index (χ2v) is 6.79. The Labute approximate surface area is 174 Å². The Balaban J connectivity index is 1.63. The lowest BCUT2D eigenvalue weighted by Gasteiger charge is -2.10. The summed E-state index contributed by atoms with van der Waals surface area (Å²) in [7, 11) is 0. The zero-order chi connectivity index (χ0) is 19.9. The molecular weight excluding hydrogens is 397 g/mol. The first-order valence-corrected chi connectivity index (χ1v) is 9.52. The maximum atomic E-state index is 12.5. The van der Waals surface area contributed by atoms with E-state index >= 15 is 0 Å². The summed E-state index contributed by atoms with van der Waals surface area (Å²) in [6, 6.07) is 19.6. The monoisotopic (exact) mass is 415 g/mol. The third-order valence-electron chi connectivity index (χ3n) is 3.91. The molecule has 0 saturated carbocycles. The van der Waals surface area contributed by atoms with Crippen molar-refractivity contribution in [3.63, 3.8) is 0 Å². The van der Waals surface area contributed by atoms with Crippen LogP contribution in [0.25, 0.3) is 0 Å². The number of carbonyl (C=O) groups is 1. The fourth-order valence-corrected chi connectivity index (χ4v) is 2.85. The smallest absolute Gasteiger partial charge is 0.255 e. The molecule has 6 heteroatoms. The van der Waals surface area contributed by atoms with E-state index in [9.17, 15) is 4.79 Å². The van der Waals surface area contributed by atoms with Crippen LogP contribution in [0.2, 0.25) is 10.0 Å². The lowest BCUT2D eigenvalue weighted by atomic mass is 10.2. The molecule has 1 N–H and O–H groups in total. The van der Waals surface area contributed by atoms with Gasteiger partial charge in [-0.3, -0.25) is 4.79 Å². The molecule has 144 valence electrons. The minimum absolute atomic E-state index is 0.218. The van der Waals surface area contributed by atoms with Gasteiger partial charge in [-0.25, -0.2) is 0 Å². The van der Waals surface area contributed by atoms with Gasteiger partial charge in [-0.05, 0) is 67.1 Å². The van der Waals surface area contributed by atoms with Gasteiger partial charge in [0.05, 0.1) is 16.7 Å². The van der Waals surface area contributed by atoms with Crippen LogP contribution in [-0.4, -0.2) is 12.5 Å². The molecule has 0 atom stereocenters. The number of amides is 1. The van der Waals surface area contributed by atoms with Crippen LogP contribution in [-0.2, 0) is 6.61 Å². The van der Waals surface area contributed by atoms with Crippen LogP contribution in [0.1, 0.15) is 22.8 Å². The largest absolute Gasteiger partial charge is 0.494 e. The summed E-state index contributed by atoms with van der Waals surface area (Å²) in [5, 5.41) is 3.84. The van der Waals surface area contributed by atoms with Crippen LogP contribution < -0.4 is 14.8 Å². The number of benzene rings is 3. The number of hydrogen-bond acceptors (Lipinski definition) is 3. The van der Waals surface area contributed by atoms with Crippen LogP contribution in [0.3, 0.4) is 0 Å². The van der Waals surface area contributed by atoms with Gasteiger partial charge in [0.25, 0.3) is 5.91 Å². The van der Waals surface area contributed by atoms with Crippen molar-refractivity contribution in [1.29, 1.82) is 0 Å². The molecule has 3 rings (SSSR count). The van der Waals surface area contributed by atoms with Crippen LogP contribution in [0.5, 0.6) is 11.5 Å². The van der Waals surface area contributed by atoms with Crippen molar-refractivity contribution in [2.75, 3.05) is 11.9 Å². The molecule has 0 fully saturated rings. The van der Waals surface area contributed by atoms with Gasteiger partial charge in [-0.1, -0.05) is 35.3 Å². The van der Waals surface area contributed by atoms with Gasteiger partial charge in [0, 0.05) is 11.3 Å². The highest BCUT2D eigenvalue weighted by Crippen LogP contribution is 2.24. The Morgan fingerprint density at radius 2 is 1.68 bits per heavy atom. The third kappa shape index (κ3) is 5.41. The Morgan fingerprint density at radius 1 is 0.893 bits per heavy atom. The summed E-state index contributed by atoms with van der Waals surface area (Å²) in [5.74, 6) is 1.13. The predicted molar refractivity (Wildman–Crippen MR) is 113 cm³/mol. The summed E-state index contributed by atoms with van der Waals surface area (Å²) >= 11 is 11.9. The number of ether oxygens (including phenoxy) is 2. The minimum Gasteiger partial charge on any atom is -0.494 e. The molecule has 0 unspecified atom stereocenters. The van der Waals surface area contributed by atoms with Crippen LogP contribution in [0.15, 0.2) is 66.7 Å². The summed E-state index contributed by atoms with van der Waals surface area (Å²) in [6.45, 7) is 2.84. The summed E-state index contributed by atoms with van der Waals surface area (Å²) in [5.41, 5.74) is 2.08. The molecule has 3 aromatic rings. The molecule has 0 saturated heterocycles. The number of nitrogens with one attached hydrogen (secondary N) is 1. The van der Waals surface area contributed by atoms with E-state index in [0.29, 0.717) is 40.3 Å². The van der Waals surface area contributed by atoms with E-state index in [1.165, 1.54) is 0 Å². The second-order valence-electron chi connectivity index (χ2n) is 5.98. The summed E-state index contributed by atoms with van der Waals surface area (Å²) in [6.07, 6.45) is 0. The molecule has 0 bridgehead atoms. The summed E-state index contributed by atoms with van der Waals surface area (Å²) in [4.78, 5) is 12.5. The first-order chi connectivity index (χ1) is 13.5. The predicted octanol–water partition coefficient (Wildman–Crippen LogP) is 6.22. The molecule has 0 aliphatic heterocycles. The zero-order valence-corrected chi connectivity index (χ0v) is 16.8. The average molecular weight is 416 g/mol. The number of halogens is 2. The van der Waals surface area contributed by atoms with E-state index < -0.39 is 0 Å². The van der Waals surface area contributed by atoms with Gasteiger partial charge in [0.1, 0.15) is 18.1 Å². The standard InChI is InChI=1S/C22H19Cl2NO3/c1-2-27-18-9-7-17(8-10-18)25-22(26)16-4-3-5-19(13-16)28-14-15-6-11-20(23)21(24)12-15/h3-13H,2,14H2,1H3,(H,25,26). The van der Waals surface area contributed by atoms with Gasteiger partial charge in [0.15, 0.2) is 0 Å². The highest BCUT2D eigenvalue weighted by Gasteiger charge is 2.08. The topological polar surface area (TPSA) is 47.6 Å². The van der Waals surface area contributed by atoms with Crippen LogP contribution in [0, 0.1) is 0 Å². The quantitative estimate of drug-likeness (QED) is 0.497. The normalized spacial score (nSPS) is 10.4. The van der Waals surface area contributed by atoms with E-state index in [-0.39, 0.29) is 5.91 Å². The number of anilines is 1. The van der Waals surface area contributed by atoms with Crippen molar-refractivity contribution in [2.45, 2.75) is 13.5 Å². The van der Waals surface area contributed by atoms with Crippen molar-refractivity contribution >= 4 is 34.8 Å². The summed E-state index contributed by atoms with van der Waals surface area (Å²) < 4.78 is 11.2. The highest BCUT2D eigenvalue weighted by molar-refractivity contribution is 6.42. The second kappa shape index (κ2) is 9.49. The highest BCUT2D eigenvalue weighted by atomic mass is 35.5. The van der Waals surface area contributed by atoms with Gasteiger partial charge in [-0.15, -0.1) is 0 Å². The third-order valence-corrected chi connectivity index (χ3v) is 4.65. The molecule has 0 radical (unpaired) electrons. The minimum atomic E-state index is -0.218. The number of hydrogen-bond donors (Lipinski definition) is 1. The lowest BCUT2D eigenvalue weighted by Crippen LogP contribution is -2.12. The van der Waals surface area contributed by atoms with Crippen molar-refractivity contribution in [2.24, 2.45) is 0 Å². The Kier molecular flexibility index (Phi) is 6.80. The molecule has 1 amide bonds. The Bertz CT molecular complexity index is 958. The van der Waals surface area contributed by atoms with Gasteiger partial charge >= 0.3 is 0 Å². The van der Waals surface area contributed by atoms with Crippen molar-refractivity contribution < 1.29 is 14.3 Å². The lowest BCUT2D eigenvalue weighted by molar-refractivity contribution is 0.102. The molecule has 28 heavy (non-hydrogen) atoms. The van der Waals surface area contributed by atoms with Gasteiger partial charge in [-0.2, -0.15) is 0 Å². The fraction of sp³-hybridized carbons (Fsp3) is 0.136. The van der Waals surface area contributed by atoms with Gasteiger partial charge in [0.2, 0.25) is 0 Å². The number of rotatable bonds is 7. The zero-order valence-electron chi connectivity index (χ0n) is 15.2. The van der Waals surface area contributed by atoms with Crippen LogP contribution >= 0.6 is 23.2 Å². The van der Waals surface area contributed by atoms with E-state index in [1.54, 1.807) is 48.5 Å². The molecule has 3 aromatic carbocycles. The first kappa shape index (κ1) is 20.1. The van der Waals surface area contributed by atoms with Gasteiger partial charge < -0.3 is 14.8 Å². The van der Waals surface area contributed by atoms with E-state index in [4.69, 9.17) is 32.7 Å². The maximum absolute atomic E-state index is 12.5. The molecule has 0 aromatic heterocycles. The molecule has 0 spiro atoms. The van der Waals surface area contributed by atoms with Crippen molar-refractivity contribution in [1.82, 2.24) is 0 Å². The van der Waals surface area contributed by atoms with Crippen molar-refractivity contribution in [3.05, 3.63) is 87.9 Å².